The van der Waals surface area contributed by atoms with Gasteiger partial charge in [0, 0.05) is 12.5 Å². The molecule has 16 heavy (non-hydrogen) atoms. The summed E-state index contributed by atoms with van der Waals surface area (Å²) in [6.07, 6.45) is 1.65. The van der Waals surface area contributed by atoms with Crippen molar-refractivity contribution >= 4 is 0 Å². The van der Waals surface area contributed by atoms with Crippen LogP contribution in [0.1, 0.15) is 24.5 Å². The molecule has 1 aromatic rings. The Balaban J connectivity index is 2.04. The van der Waals surface area contributed by atoms with Gasteiger partial charge in [-0.25, -0.2) is 0 Å². The van der Waals surface area contributed by atoms with Gasteiger partial charge in [0.25, 0.3) is 0 Å². The molecule has 2 rings (SSSR count). The van der Waals surface area contributed by atoms with Gasteiger partial charge >= 0.3 is 0 Å². The molecule has 3 heteroatoms. The Morgan fingerprint density at radius 1 is 1.38 bits per heavy atom. The predicted molar refractivity (Wildman–Crippen MR) is 61.5 cm³/mol. The maximum atomic E-state index is 10.2. The van der Waals surface area contributed by atoms with E-state index in [1.807, 2.05) is 24.3 Å². The van der Waals surface area contributed by atoms with Crippen LogP contribution in [0.3, 0.4) is 0 Å². The lowest BCUT2D eigenvalue weighted by Gasteiger charge is -2.26. The third-order valence-electron chi connectivity index (χ3n) is 3.10. The number of methoxy groups -OCH3 is 1. The lowest BCUT2D eigenvalue weighted by atomic mass is 9.91. The number of hydrogen-bond acceptors (Lipinski definition) is 3. The Labute approximate surface area is 96.0 Å². The van der Waals surface area contributed by atoms with Gasteiger partial charge in [0.1, 0.15) is 5.75 Å². The lowest BCUT2D eigenvalue weighted by Crippen LogP contribution is -2.23. The highest BCUT2D eigenvalue weighted by atomic mass is 16.5. The van der Waals surface area contributed by atoms with E-state index < -0.39 is 6.10 Å². The zero-order chi connectivity index (χ0) is 11.4. The highest BCUT2D eigenvalue weighted by Crippen LogP contribution is 2.29. The standard InChI is InChI=1S/C13H18O3/c1-15-12-6-4-10(5-7-12)13(14)11-3-2-8-16-9-11/h4-7,11,13-14H,2-3,8-9H2,1H3. The molecule has 1 aromatic carbocycles. The van der Waals surface area contributed by atoms with Crippen LogP contribution >= 0.6 is 0 Å². The van der Waals surface area contributed by atoms with Gasteiger partial charge in [-0.2, -0.15) is 0 Å². The van der Waals surface area contributed by atoms with Crippen molar-refractivity contribution in [2.45, 2.75) is 18.9 Å². The van der Waals surface area contributed by atoms with Crippen molar-refractivity contribution in [2.24, 2.45) is 5.92 Å². The molecular formula is C13H18O3. The van der Waals surface area contributed by atoms with Crippen molar-refractivity contribution in [3.8, 4) is 5.75 Å². The molecule has 1 saturated heterocycles. The Kier molecular flexibility index (Phi) is 3.80. The Bertz CT molecular complexity index is 314. The van der Waals surface area contributed by atoms with E-state index in [0.29, 0.717) is 6.61 Å². The van der Waals surface area contributed by atoms with Crippen molar-refractivity contribution < 1.29 is 14.6 Å². The molecule has 0 radical (unpaired) electrons. The second kappa shape index (κ2) is 5.32. The Morgan fingerprint density at radius 2 is 2.12 bits per heavy atom. The van der Waals surface area contributed by atoms with Crippen molar-refractivity contribution in [1.82, 2.24) is 0 Å². The molecule has 1 heterocycles. The molecule has 1 fully saturated rings. The molecule has 3 nitrogen and oxygen atoms in total. The van der Waals surface area contributed by atoms with Gasteiger partial charge in [-0.3, -0.25) is 0 Å². The summed E-state index contributed by atoms with van der Waals surface area (Å²) in [5.41, 5.74) is 0.941. The van der Waals surface area contributed by atoms with Crippen LogP contribution in [0.15, 0.2) is 24.3 Å². The van der Waals surface area contributed by atoms with Crippen LogP contribution in [-0.4, -0.2) is 25.4 Å². The molecule has 1 aliphatic heterocycles. The fourth-order valence-electron chi connectivity index (χ4n) is 2.09. The van der Waals surface area contributed by atoms with Crippen LogP contribution < -0.4 is 4.74 Å². The van der Waals surface area contributed by atoms with Crippen molar-refractivity contribution in [1.29, 1.82) is 0 Å². The summed E-state index contributed by atoms with van der Waals surface area (Å²) >= 11 is 0. The summed E-state index contributed by atoms with van der Waals surface area (Å²) < 4.78 is 10.5. The smallest absolute Gasteiger partial charge is 0.118 e. The Morgan fingerprint density at radius 3 is 2.69 bits per heavy atom. The first-order valence-corrected chi connectivity index (χ1v) is 5.71. The molecule has 88 valence electrons. The fourth-order valence-corrected chi connectivity index (χ4v) is 2.09. The first-order chi connectivity index (χ1) is 7.81. The van der Waals surface area contributed by atoms with Gasteiger partial charge in [-0.15, -0.1) is 0 Å². The molecular weight excluding hydrogens is 204 g/mol. The van der Waals surface area contributed by atoms with E-state index in [9.17, 15) is 5.11 Å². The molecule has 2 unspecified atom stereocenters. The van der Waals surface area contributed by atoms with Crippen molar-refractivity contribution in [3.63, 3.8) is 0 Å². The second-order valence-corrected chi connectivity index (χ2v) is 4.20. The summed E-state index contributed by atoms with van der Waals surface area (Å²) in [6.45, 7) is 1.49. The van der Waals surface area contributed by atoms with E-state index in [4.69, 9.17) is 9.47 Å². The van der Waals surface area contributed by atoms with Gasteiger partial charge in [-0.1, -0.05) is 12.1 Å². The molecule has 1 aliphatic rings. The summed E-state index contributed by atoms with van der Waals surface area (Å²) in [5.74, 6) is 1.04. The van der Waals surface area contributed by atoms with E-state index in [1.54, 1.807) is 7.11 Å². The topological polar surface area (TPSA) is 38.7 Å². The third-order valence-corrected chi connectivity index (χ3v) is 3.10. The highest BCUT2D eigenvalue weighted by Gasteiger charge is 2.23. The van der Waals surface area contributed by atoms with Crippen LogP contribution in [0.4, 0.5) is 0 Å². The van der Waals surface area contributed by atoms with Gasteiger partial charge in [0.2, 0.25) is 0 Å². The number of rotatable bonds is 3. The average Bonchev–Trinajstić information content (AvgIpc) is 2.39. The normalized spacial score (nSPS) is 22.8. The van der Waals surface area contributed by atoms with Crippen molar-refractivity contribution in [3.05, 3.63) is 29.8 Å². The maximum absolute atomic E-state index is 10.2. The van der Waals surface area contributed by atoms with Gasteiger partial charge in [0.15, 0.2) is 0 Å². The summed E-state index contributed by atoms with van der Waals surface area (Å²) in [6, 6.07) is 7.58. The summed E-state index contributed by atoms with van der Waals surface area (Å²) in [5, 5.41) is 10.2. The SMILES string of the molecule is COc1ccc(C(O)C2CCCOC2)cc1. The van der Waals surface area contributed by atoms with E-state index in [1.165, 1.54) is 0 Å². The molecule has 0 bridgehead atoms. The first kappa shape index (κ1) is 11.4. The van der Waals surface area contributed by atoms with Crippen LogP contribution in [-0.2, 0) is 4.74 Å². The highest BCUT2D eigenvalue weighted by molar-refractivity contribution is 5.28. The quantitative estimate of drug-likeness (QED) is 0.851. The maximum Gasteiger partial charge on any atom is 0.118 e. The second-order valence-electron chi connectivity index (χ2n) is 4.20. The molecule has 1 N–H and O–H groups in total. The fraction of sp³-hybridized carbons (Fsp3) is 0.538. The van der Waals surface area contributed by atoms with E-state index in [2.05, 4.69) is 0 Å². The van der Waals surface area contributed by atoms with Crippen LogP contribution in [0.2, 0.25) is 0 Å². The zero-order valence-corrected chi connectivity index (χ0v) is 9.56. The minimum absolute atomic E-state index is 0.224. The van der Waals surface area contributed by atoms with E-state index >= 15 is 0 Å². The number of benzene rings is 1. The van der Waals surface area contributed by atoms with Crippen LogP contribution in [0.5, 0.6) is 5.75 Å². The minimum atomic E-state index is -0.425. The molecule has 0 saturated carbocycles. The van der Waals surface area contributed by atoms with E-state index in [-0.39, 0.29) is 5.92 Å². The predicted octanol–water partition coefficient (Wildman–Crippen LogP) is 2.16. The molecule has 0 aliphatic carbocycles. The zero-order valence-electron chi connectivity index (χ0n) is 9.56. The molecule has 2 atom stereocenters. The van der Waals surface area contributed by atoms with Crippen molar-refractivity contribution in [2.75, 3.05) is 20.3 Å². The molecule has 0 aromatic heterocycles. The number of aliphatic hydroxyl groups is 1. The van der Waals surface area contributed by atoms with E-state index in [0.717, 1.165) is 30.8 Å². The number of aliphatic hydroxyl groups excluding tert-OH is 1. The first-order valence-electron chi connectivity index (χ1n) is 5.71. The summed E-state index contributed by atoms with van der Waals surface area (Å²) in [7, 11) is 1.64. The van der Waals surface area contributed by atoms with Gasteiger partial charge < -0.3 is 14.6 Å². The molecule has 0 spiro atoms. The van der Waals surface area contributed by atoms with Gasteiger partial charge in [0.05, 0.1) is 19.8 Å². The van der Waals surface area contributed by atoms with Gasteiger partial charge in [-0.05, 0) is 30.5 Å². The number of ether oxygens (including phenoxy) is 2. The van der Waals surface area contributed by atoms with Crippen LogP contribution in [0, 0.1) is 5.92 Å². The summed E-state index contributed by atoms with van der Waals surface area (Å²) in [4.78, 5) is 0. The third kappa shape index (κ3) is 2.54. The van der Waals surface area contributed by atoms with Crippen LogP contribution in [0.25, 0.3) is 0 Å². The minimum Gasteiger partial charge on any atom is -0.497 e. The Hall–Kier alpha value is -1.06. The molecule has 0 amide bonds. The monoisotopic (exact) mass is 222 g/mol. The average molecular weight is 222 g/mol. The number of hydrogen-bond donors (Lipinski definition) is 1. The lowest BCUT2D eigenvalue weighted by molar-refractivity contribution is -0.00997. The largest absolute Gasteiger partial charge is 0.497 e.